The van der Waals surface area contributed by atoms with Crippen LogP contribution >= 0.6 is 0 Å². The van der Waals surface area contributed by atoms with Gasteiger partial charge in [0.2, 0.25) is 0 Å². The zero-order valence-corrected chi connectivity index (χ0v) is 10.8. The van der Waals surface area contributed by atoms with E-state index in [1.165, 1.54) is 10.9 Å². The number of ether oxygens (including phenoxy) is 1. The van der Waals surface area contributed by atoms with Gasteiger partial charge in [0.05, 0.1) is 18.3 Å². The van der Waals surface area contributed by atoms with Crippen molar-refractivity contribution in [2.24, 2.45) is 0 Å². The van der Waals surface area contributed by atoms with E-state index in [0.717, 1.165) is 23.5 Å². The smallest absolute Gasteiger partial charge is 0.119 e. The molecule has 2 aromatic carbocycles. The molecule has 3 rings (SSSR count). The van der Waals surface area contributed by atoms with Crippen molar-refractivity contribution in [2.45, 2.75) is 6.54 Å². The Kier molecular flexibility index (Phi) is 2.88. The van der Waals surface area contributed by atoms with Gasteiger partial charge in [-0.05, 0) is 29.8 Å². The highest BCUT2D eigenvalue weighted by atomic mass is 16.5. The first-order valence-corrected chi connectivity index (χ1v) is 6.24. The monoisotopic (exact) mass is 252 g/mol. The number of fused-ring (bicyclic) bond motifs is 1. The lowest BCUT2D eigenvalue weighted by Crippen LogP contribution is -2.00. The van der Waals surface area contributed by atoms with Crippen molar-refractivity contribution in [1.29, 1.82) is 0 Å². The van der Waals surface area contributed by atoms with Crippen LogP contribution in [0, 0.1) is 0 Å². The first-order valence-electron chi connectivity index (χ1n) is 6.24. The Bertz CT molecular complexity index is 716. The summed E-state index contributed by atoms with van der Waals surface area (Å²) in [6.45, 7) is 0.787. The molecule has 0 aliphatic rings. The third-order valence-electron chi connectivity index (χ3n) is 3.31. The average Bonchev–Trinajstić information content (AvgIpc) is 2.84. The zero-order valence-electron chi connectivity index (χ0n) is 10.8. The lowest BCUT2D eigenvalue weighted by Gasteiger charge is -2.09. The lowest BCUT2D eigenvalue weighted by molar-refractivity contribution is 0.414. The molecule has 0 radical (unpaired) electrons. The highest BCUT2D eigenvalue weighted by Crippen LogP contribution is 2.23. The molecule has 1 aromatic heterocycles. The van der Waals surface area contributed by atoms with Crippen LogP contribution < -0.4 is 10.5 Å². The third kappa shape index (κ3) is 2.15. The van der Waals surface area contributed by atoms with Crippen LogP contribution in [0.4, 0.5) is 5.69 Å². The molecule has 0 spiro atoms. The first kappa shape index (κ1) is 11.7. The molecule has 0 atom stereocenters. The molecule has 0 aliphatic carbocycles. The summed E-state index contributed by atoms with van der Waals surface area (Å²) in [6, 6.07) is 16.2. The number of nitrogen functional groups attached to an aromatic ring is 1. The highest BCUT2D eigenvalue weighted by Gasteiger charge is 2.05. The van der Waals surface area contributed by atoms with E-state index < -0.39 is 0 Å². The van der Waals surface area contributed by atoms with Crippen LogP contribution in [-0.4, -0.2) is 11.7 Å². The second-order valence-electron chi connectivity index (χ2n) is 4.58. The Morgan fingerprint density at radius 1 is 1.11 bits per heavy atom. The standard InChI is InChI=1S/C16H16N2O/c1-19-14-6-2-4-12(10-14)11-18-9-8-13-5-3-7-15(17)16(13)18/h2-10H,11,17H2,1H3. The lowest BCUT2D eigenvalue weighted by atomic mass is 10.2. The number of methoxy groups -OCH3 is 1. The van der Waals surface area contributed by atoms with Gasteiger partial charge in [0, 0.05) is 18.1 Å². The van der Waals surface area contributed by atoms with E-state index in [9.17, 15) is 0 Å². The molecule has 3 heteroatoms. The van der Waals surface area contributed by atoms with Crippen molar-refractivity contribution in [3.05, 3.63) is 60.3 Å². The molecule has 0 saturated heterocycles. The Morgan fingerprint density at radius 3 is 2.79 bits per heavy atom. The first-order chi connectivity index (χ1) is 9.28. The van der Waals surface area contributed by atoms with Gasteiger partial charge in [-0.1, -0.05) is 24.3 Å². The molecular formula is C16H16N2O. The van der Waals surface area contributed by atoms with Crippen LogP contribution in [0.15, 0.2) is 54.7 Å². The van der Waals surface area contributed by atoms with Crippen molar-refractivity contribution in [1.82, 2.24) is 4.57 Å². The van der Waals surface area contributed by atoms with Gasteiger partial charge in [0.25, 0.3) is 0 Å². The normalized spacial score (nSPS) is 10.8. The number of nitrogens with zero attached hydrogens (tertiary/aromatic N) is 1. The summed E-state index contributed by atoms with van der Waals surface area (Å²) in [5.74, 6) is 0.877. The van der Waals surface area contributed by atoms with Crippen LogP contribution in [0.5, 0.6) is 5.75 Å². The van der Waals surface area contributed by atoms with Crippen LogP contribution in [-0.2, 0) is 6.54 Å². The van der Waals surface area contributed by atoms with E-state index in [1.807, 2.05) is 30.3 Å². The van der Waals surface area contributed by atoms with Crippen molar-refractivity contribution in [3.8, 4) is 5.75 Å². The van der Waals surface area contributed by atoms with E-state index in [1.54, 1.807) is 7.11 Å². The molecule has 0 bridgehead atoms. The number of para-hydroxylation sites is 1. The van der Waals surface area contributed by atoms with E-state index >= 15 is 0 Å². The third-order valence-corrected chi connectivity index (χ3v) is 3.31. The van der Waals surface area contributed by atoms with Crippen LogP contribution in [0.3, 0.4) is 0 Å². The SMILES string of the molecule is COc1cccc(Cn2ccc3cccc(N)c32)c1. The predicted molar refractivity (Wildman–Crippen MR) is 78.4 cm³/mol. The minimum atomic E-state index is 0.787. The van der Waals surface area contributed by atoms with Gasteiger partial charge < -0.3 is 15.0 Å². The molecular weight excluding hydrogens is 236 g/mol. The number of benzene rings is 2. The second kappa shape index (κ2) is 4.69. The summed E-state index contributed by atoms with van der Waals surface area (Å²) in [5.41, 5.74) is 9.16. The number of nitrogens with two attached hydrogens (primary N) is 1. The van der Waals surface area contributed by atoms with Gasteiger partial charge in [-0.2, -0.15) is 0 Å². The predicted octanol–water partition coefficient (Wildman–Crippen LogP) is 3.28. The molecule has 0 amide bonds. The van der Waals surface area contributed by atoms with Gasteiger partial charge in [-0.3, -0.25) is 0 Å². The maximum atomic E-state index is 6.07. The van der Waals surface area contributed by atoms with Crippen LogP contribution in [0.25, 0.3) is 10.9 Å². The summed E-state index contributed by atoms with van der Waals surface area (Å²) < 4.78 is 7.42. The fourth-order valence-corrected chi connectivity index (χ4v) is 2.39. The molecule has 19 heavy (non-hydrogen) atoms. The number of hydrogen-bond acceptors (Lipinski definition) is 2. The molecule has 0 saturated carbocycles. The topological polar surface area (TPSA) is 40.2 Å². The maximum Gasteiger partial charge on any atom is 0.119 e. The van der Waals surface area contributed by atoms with E-state index in [4.69, 9.17) is 10.5 Å². The van der Waals surface area contributed by atoms with Gasteiger partial charge in [0.15, 0.2) is 0 Å². The summed E-state index contributed by atoms with van der Waals surface area (Å²) in [7, 11) is 1.68. The Labute approximate surface area is 112 Å². The average molecular weight is 252 g/mol. The van der Waals surface area contributed by atoms with Gasteiger partial charge in [0.1, 0.15) is 5.75 Å². The Hall–Kier alpha value is -2.42. The summed E-state index contributed by atoms with van der Waals surface area (Å²) >= 11 is 0. The highest BCUT2D eigenvalue weighted by molar-refractivity contribution is 5.90. The zero-order chi connectivity index (χ0) is 13.2. The fraction of sp³-hybridized carbons (Fsp3) is 0.125. The second-order valence-corrected chi connectivity index (χ2v) is 4.58. The maximum absolute atomic E-state index is 6.07. The molecule has 0 aliphatic heterocycles. The van der Waals surface area contributed by atoms with Crippen molar-refractivity contribution >= 4 is 16.6 Å². The summed E-state index contributed by atoms with van der Waals surface area (Å²) in [5, 5.41) is 1.17. The Morgan fingerprint density at radius 2 is 1.95 bits per heavy atom. The fourth-order valence-electron chi connectivity index (χ4n) is 2.39. The van der Waals surface area contributed by atoms with E-state index in [-0.39, 0.29) is 0 Å². The van der Waals surface area contributed by atoms with E-state index in [0.29, 0.717) is 0 Å². The summed E-state index contributed by atoms with van der Waals surface area (Å²) in [4.78, 5) is 0. The van der Waals surface area contributed by atoms with Crippen molar-refractivity contribution < 1.29 is 4.74 Å². The minimum absolute atomic E-state index is 0.787. The Balaban J connectivity index is 2.01. The molecule has 1 heterocycles. The van der Waals surface area contributed by atoms with Crippen molar-refractivity contribution in [2.75, 3.05) is 12.8 Å². The van der Waals surface area contributed by atoms with Crippen molar-refractivity contribution in [3.63, 3.8) is 0 Å². The molecule has 96 valence electrons. The number of rotatable bonds is 3. The van der Waals surface area contributed by atoms with Crippen LogP contribution in [0.2, 0.25) is 0 Å². The number of aromatic nitrogens is 1. The largest absolute Gasteiger partial charge is 0.497 e. The molecule has 0 fully saturated rings. The number of anilines is 1. The van der Waals surface area contributed by atoms with Gasteiger partial charge in [-0.15, -0.1) is 0 Å². The molecule has 3 aromatic rings. The molecule has 2 N–H and O–H groups in total. The molecule has 3 nitrogen and oxygen atoms in total. The summed E-state index contributed by atoms with van der Waals surface area (Å²) in [6.07, 6.45) is 2.07. The van der Waals surface area contributed by atoms with Gasteiger partial charge in [-0.25, -0.2) is 0 Å². The van der Waals surface area contributed by atoms with E-state index in [2.05, 4.69) is 29.0 Å². The minimum Gasteiger partial charge on any atom is -0.497 e. The van der Waals surface area contributed by atoms with Gasteiger partial charge >= 0.3 is 0 Å². The quantitative estimate of drug-likeness (QED) is 0.727. The van der Waals surface area contributed by atoms with Crippen LogP contribution in [0.1, 0.15) is 5.56 Å². The number of hydrogen-bond donors (Lipinski definition) is 1. The molecule has 0 unspecified atom stereocenters.